The fraction of sp³-hybridized carbons (Fsp3) is 0.400. The summed E-state index contributed by atoms with van der Waals surface area (Å²) in [5, 5.41) is 3.09. The normalized spacial score (nSPS) is 29.8. The number of rotatable bonds is 2. The first kappa shape index (κ1) is 11.3. The molecule has 18 heavy (non-hydrogen) atoms. The van der Waals surface area contributed by atoms with Gasteiger partial charge in [0.2, 0.25) is 5.91 Å². The van der Waals surface area contributed by atoms with Gasteiger partial charge in [0, 0.05) is 17.5 Å². The summed E-state index contributed by atoms with van der Waals surface area (Å²) in [7, 11) is 0. The highest BCUT2D eigenvalue weighted by molar-refractivity contribution is 5.97. The lowest BCUT2D eigenvalue weighted by atomic mass is 9.83. The summed E-state index contributed by atoms with van der Waals surface area (Å²) in [4.78, 5) is 11.9. The summed E-state index contributed by atoms with van der Waals surface area (Å²) in [6.07, 6.45) is 12.1. The van der Waals surface area contributed by atoms with Gasteiger partial charge in [0.05, 0.1) is 6.26 Å². The van der Waals surface area contributed by atoms with Crippen LogP contribution in [0.2, 0.25) is 0 Å². The van der Waals surface area contributed by atoms with Crippen LogP contribution in [0, 0.1) is 5.92 Å². The number of nitrogens with one attached hydrogen (secondary N) is 1. The maximum atomic E-state index is 11.9. The molecule has 2 heterocycles. The topological polar surface area (TPSA) is 42.2 Å². The minimum Gasteiger partial charge on any atom is -0.465 e. The van der Waals surface area contributed by atoms with Crippen LogP contribution in [0.15, 0.2) is 40.5 Å². The van der Waals surface area contributed by atoms with Crippen LogP contribution >= 0.6 is 0 Å². The molecule has 3 rings (SSSR count). The molecule has 1 aliphatic carbocycles. The van der Waals surface area contributed by atoms with Gasteiger partial charge in [-0.05, 0) is 31.1 Å². The average molecular weight is 243 g/mol. The molecular weight excluding hydrogens is 226 g/mol. The van der Waals surface area contributed by atoms with Crippen LogP contribution in [-0.2, 0) is 4.79 Å². The van der Waals surface area contributed by atoms with E-state index in [1.54, 1.807) is 6.26 Å². The predicted molar refractivity (Wildman–Crippen MR) is 69.7 cm³/mol. The van der Waals surface area contributed by atoms with E-state index < -0.39 is 0 Å². The van der Waals surface area contributed by atoms with E-state index in [0.717, 1.165) is 24.2 Å². The molecule has 2 atom stereocenters. The molecule has 1 amide bonds. The van der Waals surface area contributed by atoms with Crippen molar-refractivity contribution in [3.05, 3.63) is 41.9 Å². The molecule has 2 aliphatic rings. The van der Waals surface area contributed by atoms with Gasteiger partial charge in [-0.1, -0.05) is 25.0 Å². The maximum absolute atomic E-state index is 11.9. The first-order chi connectivity index (χ1) is 8.84. The number of carbonyl (C=O) groups is 1. The largest absolute Gasteiger partial charge is 0.465 e. The van der Waals surface area contributed by atoms with Crippen LogP contribution in [0.4, 0.5) is 0 Å². The van der Waals surface area contributed by atoms with Crippen LogP contribution in [0.25, 0.3) is 6.08 Å². The predicted octanol–water partition coefficient (Wildman–Crippen LogP) is 2.91. The second-order valence-corrected chi connectivity index (χ2v) is 4.97. The minimum absolute atomic E-state index is 0.107. The van der Waals surface area contributed by atoms with E-state index >= 15 is 0 Å². The molecule has 2 fully saturated rings. The van der Waals surface area contributed by atoms with Gasteiger partial charge in [-0.2, -0.15) is 0 Å². The Hall–Kier alpha value is -1.77. The van der Waals surface area contributed by atoms with Crippen molar-refractivity contribution in [1.82, 2.24) is 5.32 Å². The van der Waals surface area contributed by atoms with Gasteiger partial charge in [-0.25, -0.2) is 0 Å². The molecule has 1 aromatic rings. The van der Waals surface area contributed by atoms with E-state index in [0.29, 0.717) is 12.0 Å². The van der Waals surface area contributed by atoms with Crippen LogP contribution < -0.4 is 5.32 Å². The van der Waals surface area contributed by atoms with E-state index in [2.05, 4.69) is 5.32 Å². The number of carbonyl (C=O) groups excluding carboxylic acids is 1. The maximum Gasteiger partial charge on any atom is 0.247 e. The smallest absolute Gasteiger partial charge is 0.247 e. The molecule has 94 valence electrons. The zero-order valence-corrected chi connectivity index (χ0v) is 10.3. The second-order valence-electron chi connectivity index (χ2n) is 4.97. The molecule has 0 aromatic carbocycles. The first-order valence-corrected chi connectivity index (χ1v) is 6.57. The molecule has 0 bridgehead atoms. The second kappa shape index (κ2) is 4.84. The molecule has 3 nitrogen and oxygen atoms in total. The van der Waals surface area contributed by atoms with Crippen LogP contribution in [0.5, 0.6) is 0 Å². The molecule has 1 aromatic heterocycles. The van der Waals surface area contributed by atoms with Gasteiger partial charge in [-0.15, -0.1) is 0 Å². The van der Waals surface area contributed by atoms with Crippen molar-refractivity contribution in [2.45, 2.75) is 31.7 Å². The van der Waals surface area contributed by atoms with E-state index in [9.17, 15) is 4.79 Å². The van der Waals surface area contributed by atoms with Crippen LogP contribution in [0.3, 0.4) is 0 Å². The van der Waals surface area contributed by atoms with E-state index in [1.807, 2.05) is 30.4 Å². The molecule has 2 unspecified atom stereocenters. The standard InChI is InChI=1S/C15H17NO2/c17-15-13(8-3-5-11-6-4-10-18-11)12-7-1-2-9-14(12)16-15/h3-6,8,10,12,14H,1-2,7,9H2,(H,16,17)/b5-3+,13-8-. The number of allylic oxidation sites excluding steroid dienone is 2. The third-order valence-electron chi connectivity index (χ3n) is 3.82. The van der Waals surface area contributed by atoms with E-state index in [-0.39, 0.29) is 5.91 Å². The van der Waals surface area contributed by atoms with Crippen molar-refractivity contribution in [3.8, 4) is 0 Å². The quantitative estimate of drug-likeness (QED) is 0.811. The monoisotopic (exact) mass is 243 g/mol. The van der Waals surface area contributed by atoms with Crippen LogP contribution in [-0.4, -0.2) is 11.9 Å². The zero-order chi connectivity index (χ0) is 12.4. The fourth-order valence-electron chi connectivity index (χ4n) is 2.93. The van der Waals surface area contributed by atoms with Crippen molar-refractivity contribution < 1.29 is 9.21 Å². The Kier molecular flexibility index (Phi) is 3.05. The summed E-state index contributed by atoms with van der Waals surface area (Å²) in [5.74, 6) is 1.33. The van der Waals surface area contributed by atoms with Crippen molar-refractivity contribution in [2.75, 3.05) is 0 Å². The Morgan fingerprint density at radius 2 is 2.22 bits per heavy atom. The van der Waals surface area contributed by atoms with E-state index in [1.165, 1.54) is 12.8 Å². The Balaban J connectivity index is 1.76. The average Bonchev–Trinajstić information content (AvgIpc) is 2.98. The Morgan fingerprint density at radius 1 is 1.33 bits per heavy atom. The first-order valence-electron chi connectivity index (χ1n) is 6.57. The molecule has 0 spiro atoms. The molecule has 0 radical (unpaired) electrons. The summed E-state index contributed by atoms with van der Waals surface area (Å²) >= 11 is 0. The Bertz CT molecular complexity index is 485. The number of hydrogen-bond donors (Lipinski definition) is 1. The third-order valence-corrected chi connectivity index (χ3v) is 3.82. The van der Waals surface area contributed by atoms with Gasteiger partial charge in [0.25, 0.3) is 0 Å². The summed E-state index contributed by atoms with van der Waals surface area (Å²) in [6, 6.07) is 4.12. The number of fused-ring (bicyclic) bond motifs is 1. The van der Waals surface area contributed by atoms with Gasteiger partial charge >= 0.3 is 0 Å². The minimum atomic E-state index is 0.107. The van der Waals surface area contributed by atoms with Crippen molar-refractivity contribution in [3.63, 3.8) is 0 Å². The Morgan fingerprint density at radius 3 is 3.06 bits per heavy atom. The molecular formula is C15H17NO2. The highest BCUT2D eigenvalue weighted by atomic mass is 16.3. The molecule has 1 saturated carbocycles. The van der Waals surface area contributed by atoms with Gasteiger partial charge in [0.15, 0.2) is 0 Å². The van der Waals surface area contributed by atoms with Gasteiger partial charge < -0.3 is 9.73 Å². The van der Waals surface area contributed by atoms with E-state index in [4.69, 9.17) is 4.42 Å². The number of furan rings is 1. The summed E-state index contributed by atoms with van der Waals surface area (Å²) < 4.78 is 5.22. The lowest BCUT2D eigenvalue weighted by Gasteiger charge is -2.24. The van der Waals surface area contributed by atoms with Crippen molar-refractivity contribution in [1.29, 1.82) is 0 Å². The highest BCUT2D eigenvalue weighted by Crippen LogP contribution is 2.34. The van der Waals surface area contributed by atoms with Crippen molar-refractivity contribution >= 4 is 12.0 Å². The number of hydrogen-bond acceptors (Lipinski definition) is 2. The molecule has 3 heteroatoms. The zero-order valence-electron chi connectivity index (χ0n) is 10.3. The van der Waals surface area contributed by atoms with Gasteiger partial charge in [0.1, 0.15) is 5.76 Å². The number of amides is 1. The molecule has 1 N–H and O–H groups in total. The summed E-state index contributed by atoms with van der Waals surface area (Å²) in [5.41, 5.74) is 0.933. The van der Waals surface area contributed by atoms with Crippen molar-refractivity contribution in [2.24, 2.45) is 5.92 Å². The van der Waals surface area contributed by atoms with Gasteiger partial charge in [-0.3, -0.25) is 4.79 Å². The fourth-order valence-corrected chi connectivity index (χ4v) is 2.93. The lowest BCUT2D eigenvalue weighted by Crippen LogP contribution is -2.30. The lowest BCUT2D eigenvalue weighted by molar-refractivity contribution is -0.116. The highest BCUT2D eigenvalue weighted by Gasteiger charge is 2.37. The molecule has 1 saturated heterocycles. The van der Waals surface area contributed by atoms with Crippen LogP contribution in [0.1, 0.15) is 31.4 Å². The molecule has 1 aliphatic heterocycles. The summed E-state index contributed by atoms with van der Waals surface area (Å²) in [6.45, 7) is 0. The Labute approximate surface area is 107 Å². The SMILES string of the molecule is O=C1NC2CCCCC2/C1=C/C=C/c1ccco1. The third kappa shape index (κ3) is 2.13.